The summed E-state index contributed by atoms with van der Waals surface area (Å²) in [5, 5.41) is 9.74. The molecule has 2 N–H and O–H groups in total. The number of nitrogens with zero attached hydrogens (tertiary/aromatic N) is 3. The Bertz CT molecular complexity index is 993. The number of carbonyl (C=O) groups excluding carboxylic acids is 2. The first-order valence-corrected chi connectivity index (χ1v) is 9.12. The zero-order chi connectivity index (χ0) is 20.9. The highest BCUT2D eigenvalue weighted by molar-refractivity contribution is 6.04. The Morgan fingerprint density at radius 3 is 2.55 bits per heavy atom. The zero-order valence-corrected chi connectivity index (χ0v) is 16.5. The first kappa shape index (κ1) is 20.1. The standard InChI is InChI=1S/C21H23N5O3/c1-21(2,3)29-20(28)23-17-6-4-5-16(13-17)19(27)24-18-9-12-26(25-18)14-15-7-10-22-11-8-15/h4-13H,14H2,1-3H3,(H,23,28)(H,24,25,27). The van der Waals surface area contributed by atoms with Crippen molar-refractivity contribution in [1.82, 2.24) is 14.8 Å². The number of nitrogens with one attached hydrogen (secondary N) is 2. The van der Waals surface area contributed by atoms with E-state index in [1.165, 1.54) is 0 Å². The number of carbonyl (C=O) groups is 2. The van der Waals surface area contributed by atoms with Gasteiger partial charge in [-0.3, -0.25) is 19.8 Å². The van der Waals surface area contributed by atoms with Gasteiger partial charge in [0, 0.05) is 35.9 Å². The van der Waals surface area contributed by atoms with Gasteiger partial charge in [0.15, 0.2) is 5.82 Å². The second-order valence-corrected chi connectivity index (χ2v) is 7.42. The minimum absolute atomic E-state index is 0.327. The molecule has 3 rings (SSSR count). The lowest BCUT2D eigenvalue weighted by molar-refractivity contribution is 0.0635. The molecule has 8 heteroatoms. The van der Waals surface area contributed by atoms with Gasteiger partial charge in [-0.05, 0) is 56.7 Å². The largest absolute Gasteiger partial charge is 0.444 e. The highest BCUT2D eigenvalue weighted by Gasteiger charge is 2.17. The molecule has 0 radical (unpaired) electrons. The third-order valence-corrected chi connectivity index (χ3v) is 3.75. The van der Waals surface area contributed by atoms with Gasteiger partial charge in [0.2, 0.25) is 0 Å². The van der Waals surface area contributed by atoms with Gasteiger partial charge in [-0.15, -0.1) is 0 Å². The van der Waals surface area contributed by atoms with Crippen molar-refractivity contribution in [2.24, 2.45) is 0 Å². The van der Waals surface area contributed by atoms with Gasteiger partial charge >= 0.3 is 6.09 Å². The van der Waals surface area contributed by atoms with Gasteiger partial charge in [0.1, 0.15) is 5.60 Å². The summed E-state index contributed by atoms with van der Waals surface area (Å²) in [5.41, 5.74) is 1.31. The molecular weight excluding hydrogens is 370 g/mol. The van der Waals surface area contributed by atoms with E-state index in [0.717, 1.165) is 5.56 Å². The fourth-order valence-electron chi connectivity index (χ4n) is 2.54. The van der Waals surface area contributed by atoms with E-state index >= 15 is 0 Å². The topological polar surface area (TPSA) is 98.1 Å². The Kier molecular flexibility index (Phi) is 5.92. The Hall–Kier alpha value is -3.68. The van der Waals surface area contributed by atoms with E-state index in [4.69, 9.17) is 4.74 Å². The first-order valence-electron chi connectivity index (χ1n) is 9.12. The molecule has 0 aliphatic rings. The Balaban J connectivity index is 1.62. The summed E-state index contributed by atoms with van der Waals surface area (Å²) in [6, 6.07) is 12.1. The lowest BCUT2D eigenvalue weighted by atomic mass is 10.2. The quantitative estimate of drug-likeness (QED) is 0.684. The average molecular weight is 393 g/mol. The summed E-state index contributed by atoms with van der Waals surface area (Å²) in [6.07, 6.45) is 4.65. The fourth-order valence-corrected chi connectivity index (χ4v) is 2.54. The van der Waals surface area contributed by atoms with E-state index in [1.807, 2.05) is 12.1 Å². The fraction of sp³-hybridized carbons (Fsp3) is 0.238. The SMILES string of the molecule is CC(C)(C)OC(=O)Nc1cccc(C(=O)Nc2ccn(Cc3ccncc3)n2)c1. The van der Waals surface area contributed by atoms with Crippen molar-refractivity contribution < 1.29 is 14.3 Å². The number of benzene rings is 1. The Labute approximate surface area is 168 Å². The molecule has 0 spiro atoms. The maximum atomic E-state index is 12.5. The molecule has 2 heterocycles. The number of ether oxygens (including phenoxy) is 1. The molecule has 1 aromatic carbocycles. The van der Waals surface area contributed by atoms with Crippen molar-refractivity contribution >= 4 is 23.5 Å². The van der Waals surface area contributed by atoms with Gasteiger partial charge in [0.05, 0.1) is 6.54 Å². The van der Waals surface area contributed by atoms with Crippen LogP contribution in [-0.4, -0.2) is 32.4 Å². The molecule has 8 nitrogen and oxygen atoms in total. The number of amides is 2. The molecule has 2 aromatic heterocycles. The van der Waals surface area contributed by atoms with Crippen LogP contribution in [0.1, 0.15) is 36.7 Å². The second kappa shape index (κ2) is 8.55. The average Bonchev–Trinajstić information content (AvgIpc) is 3.08. The molecule has 150 valence electrons. The maximum Gasteiger partial charge on any atom is 0.412 e. The zero-order valence-electron chi connectivity index (χ0n) is 16.5. The summed E-state index contributed by atoms with van der Waals surface area (Å²) in [7, 11) is 0. The van der Waals surface area contributed by atoms with Crippen molar-refractivity contribution in [1.29, 1.82) is 0 Å². The summed E-state index contributed by atoms with van der Waals surface area (Å²) in [5.74, 6) is 0.113. The van der Waals surface area contributed by atoms with E-state index in [9.17, 15) is 9.59 Å². The molecule has 3 aromatic rings. The number of hydrogen-bond acceptors (Lipinski definition) is 5. The molecule has 29 heavy (non-hydrogen) atoms. The number of pyridine rings is 1. The van der Waals surface area contributed by atoms with E-state index in [2.05, 4.69) is 20.7 Å². The molecule has 0 unspecified atom stereocenters. The monoisotopic (exact) mass is 393 g/mol. The summed E-state index contributed by atoms with van der Waals surface area (Å²) < 4.78 is 6.95. The third-order valence-electron chi connectivity index (χ3n) is 3.75. The normalized spacial score (nSPS) is 11.0. The Morgan fingerprint density at radius 1 is 1.07 bits per heavy atom. The van der Waals surface area contributed by atoms with Gasteiger partial charge in [-0.25, -0.2) is 4.79 Å². The van der Waals surface area contributed by atoms with Gasteiger partial charge in [0.25, 0.3) is 5.91 Å². The number of aromatic nitrogens is 3. The molecule has 0 aliphatic heterocycles. The van der Waals surface area contributed by atoms with Crippen LogP contribution in [0, 0.1) is 0 Å². The van der Waals surface area contributed by atoms with E-state index in [-0.39, 0.29) is 5.91 Å². The van der Waals surface area contributed by atoms with Crippen LogP contribution in [0.2, 0.25) is 0 Å². The second-order valence-electron chi connectivity index (χ2n) is 7.42. The van der Waals surface area contributed by atoms with E-state index in [0.29, 0.717) is 23.6 Å². The van der Waals surface area contributed by atoms with Crippen LogP contribution in [0.5, 0.6) is 0 Å². The minimum Gasteiger partial charge on any atom is -0.444 e. The summed E-state index contributed by atoms with van der Waals surface area (Å²) in [6.45, 7) is 5.92. The highest BCUT2D eigenvalue weighted by Crippen LogP contribution is 2.15. The predicted molar refractivity (Wildman–Crippen MR) is 110 cm³/mol. The molecular formula is C21H23N5O3. The van der Waals surface area contributed by atoms with Crippen LogP contribution in [0.4, 0.5) is 16.3 Å². The molecule has 0 saturated heterocycles. The molecule has 0 saturated carbocycles. The van der Waals surface area contributed by atoms with Crippen molar-refractivity contribution in [3.63, 3.8) is 0 Å². The van der Waals surface area contributed by atoms with Crippen LogP contribution in [-0.2, 0) is 11.3 Å². The van der Waals surface area contributed by atoms with Crippen molar-refractivity contribution in [2.45, 2.75) is 32.9 Å². The smallest absolute Gasteiger partial charge is 0.412 e. The van der Waals surface area contributed by atoms with Crippen LogP contribution in [0.15, 0.2) is 61.1 Å². The third kappa shape index (κ3) is 6.17. The van der Waals surface area contributed by atoms with Gasteiger partial charge < -0.3 is 10.1 Å². The van der Waals surface area contributed by atoms with Crippen LogP contribution < -0.4 is 10.6 Å². The van der Waals surface area contributed by atoms with Crippen LogP contribution >= 0.6 is 0 Å². The number of rotatable bonds is 5. The number of hydrogen-bond donors (Lipinski definition) is 2. The highest BCUT2D eigenvalue weighted by atomic mass is 16.6. The lowest BCUT2D eigenvalue weighted by Crippen LogP contribution is -2.27. The maximum absolute atomic E-state index is 12.5. The lowest BCUT2D eigenvalue weighted by Gasteiger charge is -2.19. The van der Waals surface area contributed by atoms with Crippen LogP contribution in [0.25, 0.3) is 0 Å². The summed E-state index contributed by atoms with van der Waals surface area (Å²) in [4.78, 5) is 28.4. The molecule has 2 amide bonds. The Morgan fingerprint density at radius 2 is 1.83 bits per heavy atom. The van der Waals surface area contributed by atoms with Gasteiger partial charge in [-0.2, -0.15) is 5.10 Å². The minimum atomic E-state index is -0.603. The van der Waals surface area contributed by atoms with E-state index < -0.39 is 11.7 Å². The van der Waals surface area contributed by atoms with Crippen molar-refractivity contribution in [3.8, 4) is 0 Å². The molecule has 0 fully saturated rings. The van der Waals surface area contributed by atoms with Gasteiger partial charge in [-0.1, -0.05) is 6.07 Å². The molecule has 0 bridgehead atoms. The molecule has 0 aliphatic carbocycles. The first-order chi connectivity index (χ1) is 13.8. The number of anilines is 2. The summed E-state index contributed by atoms with van der Waals surface area (Å²) >= 11 is 0. The van der Waals surface area contributed by atoms with E-state index in [1.54, 1.807) is 74.4 Å². The predicted octanol–water partition coefficient (Wildman–Crippen LogP) is 3.93. The van der Waals surface area contributed by atoms with Crippen molar-refractivity contribution in [2.75, 3.05) is 10.6 Å². The van der Waals surface area contributed by atoms with Crippen molar-refractivity contribution in [3.05, 3.63) is 72.2 Å². The van der Waals surface area contributed by atoms with Crippen LogP contribution in [0.3, 0.4) is 0 Å². The molecule has 0 atom stereocenters.